The van der Waals surface area contributed by atoms with Gasteiger partial charge in [-0.15, -0.1) is 0 Å². The van der Waals surface area contributed by atoms with Gasteiger partial charge in [0.25, 0.3) is 0 Å². The molecule has 0 spiro atoms. The minimum atomic E-state index is -3.60. The van der Waals surface area contributed by atoms with E-state index in [1.165, 1.54) is 20.2 Å². The molecule has 0 bridgehead atoms. The van der Waals surface area contributed by atoms with Crippen LogP contribution in [0.25, 0.3) is 0 Å². The van der Waals surface area contributed by atoms with E-state index in [1.807, 2.05) is 0 Å². The molecule has 23 heavy (non-hydrogen) atoms. The second-order valence-corrected chi connectivity index (χ2v) is 6.57. The van der Waals surface area contributed by atoms with Crippen molar-refractivity contribution in [1.29, 1.82) is 0 Å². The minimum Gasteiger partial charge on any atom is -0.394 e. The number of carbonyl (C=O) groups excluding carboxylic acids is 1. The predicted octanol–water partition coefficient (Wildman–Crippen LogP) is 0.0353. The van der Waals surface area contributed by atoms with Crippen molar-refractivity contribution in [3.8, 4) is 0 Å². The van der Waals surface area contributed by atoms with Crippen LogP contribution in [0.3, 0.4) is 0 Å². The van der Waals surface area contributed by atoms with Gasteiger partial charge in [0.05, 0.1) is 25.5 Å². The SMILES string of the molecule is CN(C)S(=O)(=O)Nc1cccc(NC(=O)NCCOCCO)c1. The molecule has 9 nitrogen and oxygen atoms in total. The fourth-order valence-corrected chi connectivity index (χ4v) is 2.09. The van der Waals surface area contributed by atoms with Crippen LogP contribution in [-0.4, -0.2) is 64.3 Å². The van der Waals surface area contributed by atoms with Crippen LogP contribution in [0.15, 0.2) is 24.3 Å². The van der Waals surface area contributed by atoms with Crippen molar-refractivity contribution in [2.24, 2.45) is 0 Å². The van der Waals surface area contributed by atoms with Crippen molar-refractivity contribution in [2.75, 3.05) is 50.5 Å². The van der Waals surface area contributed by atoms with Crippen molar-refractivity contribution in [3.05, 3.63) is 24.3 Å². The van der Waals surface area contributed by atoms with E-state index in [-0.39, 0.29) is 19.8 Å². The number of rotatable bonds is 9. The van der Waals surface area contributed by atoms with E-state index >= 15 is 0 Å². The Balaban J connectivity index is 2.52. The molecule has 0 fully saturated rings. The van der Waals surface area contributed by atoms with E-state index in [2.05, 4.69) is 15.4 Å². The van der Waals surface area contributed by atoms with E-state index in [1.54, 1.807) is 18.2 Å². The zero-order valence-corrected chi connectivity index (χ0v) is 13.9. The average molecular weight is 346 g/mol. The molecule has 1 aromatic rings. The Morgan fingerprint density at radius 3 is 2.61 bits per heavy atom. The first-order valence-corrected chi connectivity index (χ1v) is 8.33. The normalized spacial score (nSPS) is 11.3. The van der Waals surface area contributed by atoms with Gasteiger partial charge in [0.1, 0.15) is 0 Å². The molecule has 0 saturated heterocycles. The molecule has 0 heterocycles. The number of hydrogen-bond acceptors (Lipinski definition) is 5. The molecule has 0 unspecified atom stereocenters. The van der Waals surface area contributed by atoms with Gasteiger partial charge in [-0.1, -0.05) is 6.07 Å². The lowest BCUT2D eigenvalue weighted by Gasteiger charge is -2.14. The maximum atomic E-state index is 11.7. The first-order chi connectivity index (χ1) is 10.8. The standard InChI is InChI=1S/C13H22N4O5S/c1-17(2)23(20,21)16-12-5-3-4-11(10-12)15-13(19)14-6-8-22-9-7-18/h3-5,10,16,18H,6-9H2,1-2H3,(H2,14,15,19). The summed E-state index contributed by atoms with van der Waals surface area (Å²) in [6.07, 6.45) is 0. The van der Waals surface area contributed by atoms with Crippen molar-refractivity contribution < 1.29 is 23.1 Å². The number of benzene rings is 1. The van der Waals surface area contributed by atoms with Gasteiger partial charge in [0, 0.05) is 26.3 Å². The topological polar surface area (TPSA) is 120 Å². The summed E-state index contributed by atoms with van der Waals surface area (Å²) in [6, 6.07) is 5.89. The highest BCUT2D eigenvalue weighted by molar-refractivity contribution is 7.90. The highest BCUT2D eigenvalue weighted by atomic mass is 32.2. The smallest absolute Gasteiger partial charge is 0.319 e. The molecule has 130 valence electrons. The van der Waals surface area contributed by atoms with Crippen molar-refractivity contribution in [3.63, 3.8) is 0 Å². The van der Waals surface area contributed by atoms with E-state index in [4.69, 9.17) is 9.84 Å². The molecule has 0 aliphatic heterocycles. The monoisotopic (exact) mass is 346 g/mol. The highest BCUT2D eigenvalue weighted by Crippen LogP contribution is 2.16. The lowest BCUT2D eigenvalue weighted by atomic mass is 10.3. The number of hydrogen-bond donors (Lipinski definition) is 4. The van der Waals surface area contributed by atoms with Gasteiger partial charge in [-0.25, -0.2) is 4.79 Å². The lowest BCUT2D eigenvalue weighted by Crippen LogP contribution is -2.32. The van der Waals surface area contributed by atoms with E-state index in [9.17, 15) is 13.2 Å². The summed E-state index contributed by atoms with van der Waals surface area (Å²) in [5.74, 6) is 0. The molecule has 1 rings (SSSR count). The second kappa shape index (κ2) is 9.30. The molecule has 1 aromatic carbocycles. The third-order valence-electron chi connectivity index (χ3n) is 2.62. The van der Waals surface area contributed by atoms with Crippen molar-refractivity contribution >= 4 is 27.6 Å². The van der Waals surface area contributed by atoms with Gasteiger partial charge in [0.15, 0.2) is 0 Å². The van der Waals surface area contributed by atoms with Crippen LogP contribution in [-0.2, 0) is 14.9 Å². The van der Waals surface area contributed by atoms with Crippen molar-refractivity contribution in [2.45, 2.75) is 0 Å². The summed E-state index contributed by atoms with van der Waals surface area (Å²) in [5, 5.41) is 13.7. The molecule has 0 saturated carbocycles. The second-order valence-electron chi connectivity index (χ2n) is 4.69. The maximum absolute atomic E-state index is 11.7. The summed E-state index contributed by atoms with van der Waals surface area (Å²) >= 11 is 0. The van der Waals surface area contributed by atoms with Gasteiger partial charge >= 0.3 is 16.2 Å². The number of ether oxygens (including phenoxy) is 1. The zero-order chi connectivity index (χ0) is 17.3. The Labute approximate surface area is 135 Å². The molecule has 10 heteroatoms. The maximum Gasteiger partial charge on any atom is 0.319 e. The van der Waals surface area contributed by atoms with E-state index in [0.29, 0.717) is 17.9 Å². The number of urea groups is 1. The van der Waals surface area contributed by atoms with Crippen LogP contribution in [0.5, 0.6) is 0 Å². The lowest BCUT2D eigenvalue weighted by molar-refractivity contribution is 0.0950. The summed E-state index contributed by atoms with van der Waals surface area (Å²) < 4.78 is 31.9. The molecular weight excluding hydrogens is 324 g/mol. The number of anilines is 2. The van der Waals surface area contributed by atoms with Gasteiger partial charge in [0.2, 0.25) is 0 Å². The first-order valence-electron chi connectivity index (χ1n) is 6.89. The van der Waals surface area contributed by atoms with Crippen LogP contribution < -0.4 is 15.4 Å². The molecule has 2 amide bonds. The average Bonchev–Trinajstić information content (AvgIpc) is 2.46. The van der Waals surface area contributed by atoms with Gasteiger partial charge < -0.3 is 20.5 Å². The molecule has 0 radical (unpaired) electrons. The summed E-state index contributed by atoms with van der Waals surface area (Å²) in [4.78, 5) is 11.7. The number of nitrogens with one attached hydrogen (secondary N) is 3. The van der Waals surface area contributed by atoms with Crippen LogP contribution >= 0.6 is 0 Å². The van der Waals surface area contributed by atoms with E-state index in [0.717, 1.165) is 4.31 Å². The highest BCUT2D eigenvalue weighted by Gasteiger charge is 2.13. The first kappa shape index (κ1) is 19.2. The Morgan fingerprint density at radius 1 is 1.26 bits per heavy atom. The number of carbonyl (C=O) groups is 1. The third-order valence-corrected chi connectivity index (χ3v) is 4.07. The van der Waals surface area contributed by atoms with Crippen LogP contribution in [0.2, 0.25) is 0 Å². The number of amides is 2. The zero-order valence-electron chi connectivity index (χ0n) is 13.1. The third kappa shape index (κ3) is 7.28. The summed E-state index contributed by atoms with van der Waals surface area (Å²) in [6.45, 7) is 0.731. The largest absolute Gasteiger partial charge is 0.394 e. The Kier molecular flexibility index (Phi) is 7.75. The molecule has 0 aliphatic rings. The number of aliphatic hydroxyl groups excluding tert-OH is 1. The van der Waals surface area contributed by atoms with Crippen LogP contribution in [0.1, 0.15) is 0 Å². The summed E-state index contributed by atoms with van der Waals surface area (Å²) in [5.41, 5.74) is 0.778. The van der Waals surface area contributed by atoms with Gasteiger partial charge in [-0.3, -0.25) is 4.72 Å². The fourth-order valence-electron chi connectivity index (χ4n) is 1.48. The molecular formula is C13H22N4O5S. The number of nitrogens with zero attached hydrogens (tertiary/aromatic N) is 1. The fraction of sp³-hybridized carbons (Fsp3) is 0.462. The molecule has 0 aliphatic carbocycles. The Hall–Kier alpha value is -1.88. The Morgan fingerprint density at radius 2 is 1.96 bits per heavy atom. The molecule has 0 atom stereocenters. The number of aliphatic hydroxyl groups is 1. The quantitative estimate of drug-likeness (QED) is 0.471. The van der Waals surface area contributed by atoms with Crippen molar-refractivity contribution in [1.82, 2.24) is 9.62 Å². The van der Waals surface area contributed by atoms with Gasteiger partial charge in [-0.05, 0) is 18.2 Å². The summed E-state index contributed by atoms with van der Waals surface area (Å²) in [7, 11) is -0.775. The Bertz CT molecular complexity index is 606. The molecule has 0 aromatic heterocycles. The van der Waals surface area contributed by atoms with E-state index < -0.39 is 16.2 Å². The van der Waals surface area contributed by atoms with Gasteiger partial charge in [-0.2, -0.15) is 12.7 Å². The molecule has 4 N–H and O–H groups in total. The van der Waals surface area contributed by atoms with Crippen LogP contribution in [0.4, 0.5) is 16.2 Å². The minimum absolute atomic E-state index is 0.0676. The van der Waals surface area contributed by atoms with Crippen LogP contribution in [0, 0.1) is 0 Å². The predicted molar refractivity (Wildman–Crippen MR) is 87.6 cm³/mol.